The average molecular weight is 559 g/mol. The molecule has 0 aliphatic carbocycles. The number of aryl methyl sites for hydroxylation is 1. The first-order valence-corrected chi connectivity index (χ1v) is 14.6. The predicted octanol–water partition coefficient (Wildman–Crippen LogP) is 6.07. The SMILES string of the molecule is COc1ccccc1COCCCOc1ccc(C2CCNCC2OCCOc2ccccc2CCCC#N)cc1. The highest BCUT2D eigenvalue weighted by molar-refractivity contribution is 5.34. The fourth-order valence-corrected chi connectivity index (χ4v) is 5.11. The Hall–Kier alpha value is -3.57. The van der Waals surface area contributed by atoms with E-state index in [0.717, 1.165) is 67.1 Å². The molecule has 0 aromatic heterocycles. The lowest BCUT2D eigenvalue weighted by atomic mass is 9.88. The zero-order valence-corrected chi connectivity index (χ0v) is 24.1. The molecule has 0 bridgehead atoms. The van der Waals surface area contributed by atoms with Crippen LogP contribution in [0.25, 0.3) is 0 Å². The molecule has 0 radical (unpaired) electrons. The molecule has 3 aromatic carbocycles. The van der Waals surface area contributed by atoms with Crippen LogP contribution < -0.4 is 19.5 Å². The van der Waals surface area contributed by atoms with Crippen molar-refractivity contribution in [1.82, 2.24) is 5.32 Å². The van der Waals surface area contributed by atoms with Gasteiger partial charge in [-0.2, -0.15) is 5.26 Å². The van der Waals surface area contributed by atoms with E-state index < -0.39 is 0 Å². The van der Waals surface area contributed by atoms with Crippen LogP contribution in [0.2, 0.25) is 0 Å². The second kappa shape index (κ2) is 17.3. The van der Waals surface area contributed by atoms with Gasteiger partial charge in [0.2, 0.25) is 0 Å². The Labute approximate surface area is 244 Å². The highest BCUT2D eigenvalue weighted by Crippen LogP contribution is 2.29. The third-order valence-corrected chi connectivity index (χ3v) is 7.27. The summed E-state index contributed by atoms with van der Waals surface area (Å²) in [6, 6.07) is 26.6. The van der Waals surface area contributed by atoms with Gasteiger partial charge in [0, 0.05) is 30.9 Å². The second-order valence-corrected chi connectivity index (χ2v) is 10.1. The minimum absolute atomic E-state index is 0.0883. The highest BCUT2D eigenvalue weighted by atomic mass is 16.5. The Bertz CT molecular complexity index is 1210. The molecule has 0 saturated carbocycles. The van der Waals surface area contributed by atoms with E-state index in [1.54, 1.807) is 7.11 Å². The highest BCUT2D eigenvalue weighted by Gasteiger charge is 2.27. The summed E-state index contributed by atoms with van der Waals surface area (Å²) in [6.07, 6.45) is 4.17. The van der Waals surface area contributed by atoms with Crippen molar-refractivity contribution in [2.45, 2.75) is 50.7 Å². The first-order valence-electron chi connectivity index (χ1n) is 14.6. The quantitative estimate of drug-likeness (QED) is 0.202. The average Bonchev–Trinajstić information content (AvgIpc) is 3.02. The van der Waals surface area contributed by atoms with Gasteiger partial charge in [0.1, 0.15) is 23.9 Å². The largest absolute Gasteiger partial charge is 0.496 e. The van der Waals surface area contributed by atoms with Crippen LogP contribution in [0.1, 0.15) is 48.3 Å². The Morgan fingerprint density at radius 2 is 1.61 bits per heavy atom. The summed E-state index contributed by atoms with van der Waals surface area (Å²) in [6.45, 7) is 4.57. The number of nitriles is 1. The van der Waals surface area contributed by atoms with Crippen LogP contribution >= 0.6 is 0 Å². The molecule has 4 rings (SSSR count). The molecule has 1 aliphatic rings. The van der Waals surface area contributed by atoms with E-state index in [1.807, 2.05) is 42.5 Å². The molecule has 7 nitrogen and oxygen atoms in total. The molecular formula is C34H42N2O5. The van der Waals surface area contributed by atoms with Gasteiger partial charge in [-0.1, -0.05) is 48.5 Å². The Balaban J connectivity index is 1.17. The van der Waals surface area contributed by atoms with Gasteiger partial charge in [0.25, 0.3) is 0 Å². The Kier molecular flexibility index (Phi) is 12.8. The number of benzene rings is 3. The number of para-hydroxylation sites is 2. The van der Waals surface area contributed by atoms with E-state index >= 15 is 0 Å². The molecule has 41 heavy (non-hydrogen) atoms. The van der Waals surface area contributed by atoms with Gasteiger partial charge in [-0.05, 0) is 61.2 Å². The summed E-state index contributed by atoms with van der Waals surface area (Å²) in [5.41, 5.74) is 3.46. The van der Waals surface area contributed by atoms with Crippen LogP contribution in [0.3, 0.4) is 0 Å². The standard InChI is InChI=1S/C34H42N2O5/c1-37-32-12-4-3-11-29(32)26-38-21-8-22-39-30-16-14-27(15-17-30)31-18-20-36-25-34(31)41-24-23-40-33-13-5-2-9-28(33)10-6-7-19-35/h2-5,9,11-17,31,34,36H,6-8,10,18,20-26H2,1H3. The number of rotatable bonds is 17. The first kappa shape index (κ1) is 30.4. The van der Waals surface area contributed by atoms with Gasteiger partial charge in [0.05, 0.1) is 45.7 Å². The minimum atomic E-state index is 0.0883. The molecule has 1 heterocycles. The van der Waals surface area contributed by atoms with Crippen molar-refractivity contribution in [3.05, 3.63) is 89.5 Å². The third kappa shape index (κ3) is 9.79. The predicted molar refractivity (Wildman–Crippen MR) is 160 cm³/mol. The number of piperidine rings is 1. The van der Waals surface area contributed by atoms with Crippen LogP contribution in [0.5, 0.6) is 17.2 Å². The van der Waals surface area contributed by atoms with E-state index in [4.69, 9.17) is 28.9 Å². The molecule has 218 valence electrons. The molecule has 1 saturated heterocycles. The number of hydrogen-bond donors (Lipinski definition) is 1. The van der Waals surface area contributed by atoms with Gasteiger partial charge in [-0.25, -0.2) is 0 Å². The van der Waals surface area contributed by atoms with E-state index in [-0.39, 0.29) is 6.10 Å². The summed E-state index contributed by atoms with van der Waals surface area (Å²) in [7, 11) is 1.68. The van der Waals surface area contributed by atoms with Crippen LogP contribution in [0.15, 0.2) is 72.8 Å². The molecule has 2 unspecified atom stereocenters. The number of ether oxygens (including phenoxy) is 5. The lowest BCUT2D eigenvalue weighted by molar-refractivity contribution is 0.00721. The topological polar surface area (TPSA) is 82.0 Å². The van der Waals surface area contributed by atoms with Gasteiger partial charge in [-0.15, -0.1) is 0 Å². The summed E-state index contributed by atoms with van der Waals surface area (Å²) < 4.78 is 29.5. The number of hydrogen-bond acceptors (Lipinski definition) is 7. The minimum Gasteiger partial charge on any atom is -0.496 e. The maximum absolute atomic E-state index is 8.82. The van der Waals surface area contributed by atoms with Crippen molar-refractivity contribution in [3.8, 4) is 23.3 Å². The number of nitrogens with zero attached hydrogens (tertiary/aromatic N) is 1. The lowest BCUT2D eigenvalue weighted by Gasteiger charge is -2.32. The normalized spacial score (nSPS) is 16.6. The van der Waals surface area contributed by atoms with Crippen LogP contribution in [-0.2, 0) is 22.5 Å². The fourth-order valence-electron chi connectivity index (χ4n) is 5.11. The maximum Gasteiger partial charge on any atom is 0.124 e. The van der Waals surface area contributed by atoms with E-state index in [1.165, 1.54) is 5.56 Å². The second-order valence-electron chi connectivity index (χ2n) is 10.1. The summed E-state index contributed by atoms with van der Waals surface area (Å²) in [5.74, 6) is 2.92. The molecule has 1 N–H and O–H groups in total. The van der Waals surface area contributed by atoms with Crippen molar-refractivity contribution in [2.75, 3.05) is 46.6 Å². The van der Waals surface area contributed by atoms with E-state index in [9.17, 15) is 0 Å². The van der Waals surface area contributed by atoms with Crippen LogP contribution in [0.4, 0.5) is 0 Å². The molecule has 0 amide bonds. The summed E-state index contributed by atoms with van der Waals surface area (Å²) in [5, 5.41) is 12.3. The van der Waals surface area contributed by atoms with Crippen molar-refractivity contribution in [3.63, 3.8) is 0 Å². The molecule has 3 aromatic rings. The smallest absolute Gasteiger partial charge is 0.124 e. The number of methoxy groups -OCH3 is 1. The van der Waals surface area contributed by atoms with Crippen molar-refractivity contribution in [1.29, 1.82) is 5.26 Å². The first-order chi connectivity index (χ1) is 20.3. The van der Waals surface area contributed by atoms with E-state index in [0.29, 0.717) is 45.4 Å². The van der Waals surface area contributed by atoms with Crippen LogP contribution in [-0.4, -0.2) is 52.7 Å². The molecule has 0 spiro atoms. The Morgan fingerprint density at radius 3 is 2.41 bits per heavy atom. The van der Waals surface area contributed by atoms with Crippen molar-refractivity contribution < 1.29 is 23.7 Å². The summed E-state index contributed by atoms with van der Waals surface area (Å²) >= 11 is 0. The zero-order chi connectivity index (χ0) is 28.5. The number of nitrogens with one attached hydrogen (secondary N) is 1. The number of unbranched alkanes of at least 4 members (excludes halogenated alkanes) is 1. The third-order valence-electron chi connectivity index (χ3n) is 7.27. The molecular weight excluding hydrogens is 516 g/mol. The van der Waals surface area contributed by atoms with Gasteiger partial charge >= 0.3 is 0 Å². The molecule has 2 atom stereocenters. The molecule has 1 fully saturated rings. The maximum atomic E-state index is 8.82. The van der Waals surface area contributed by atoms with E-state index in [2.05, 4.69) is 41.7 Å². The van der Waals surface area contributed by atoms with Gasteiger partial charge in [0.15, 0.2) is 0 Å². The van der Waals surface area contributed by atoms with Gasteiger partial charge < -0.3 is 29.0 Å². The monoisotopic (exact) mass is 558 g/mol. The Morgan fingerprint density at radius 1 is 0.829 bits per heavy atom. The summed E-state index contributed by atoms with van der Waals surface area (Å²) in [4.78, 5) is 0. The molecule has 1 aliphatic heterocycles. The van der Waals surface area contributed by atoms with Crippen molar-refractivity contribution >= 4 is 0 Å². The van der Waals surface area contributed by atoms with Crippen LogP contribution in [0, 0.1) is 11.3 Å². The van der Waals surface area contributed by atoms with Crippen molar-refractivity contribution in [2.24, 2.45) is 0 Å². The fraction of sp³-hybridized carbons (Fsp3) is 0.441. The molecule has 7 heteroatoms. The lowest BCUT2D eigenvalue weighted by Crippen LogP contribution is -2.41. The van der Waals surface area contributed by atoms with Gasteiger partial charge in [-0.3, -0.25) is 0 Å². The zero-order valence-electron chi connectivity index (χ0n) is 24.1.